The van der Waals surface area contributed by atoms with Crippen molar-refractivity contribution in [3.05, 3.63) is 70.1 Å². The van der Waals surface area contributed by atoms with Gasteiger partial charge in [-0.25, -0.2) is 0 Å². The predicted molar refractivity (Wildman–Crippen MR) is 117 cm³/mol. The highest BCUT2D eigenvalue weighted by atomic mass is 16.5. The fourth-order valence-corrected chi connectivity index (χ4v) is 3.89. The van der Waals surface area contributed by atoms with E-state index in [1.54, 1.807) is 13.0 Å². The minimum atomic E-state index is -1.49. The zero-order valence-electron chi connectivity index (χ0n) is 18.0. The lowest BCUT2D eigenvalue weighted by Gasteiger charge is -2.40. The Labute approximate surface area is 182 Å². The first kappa shape index (κ1) is 23.5. The van der Waals surface area contributed by atoms with E-state index in [1.165, 1.54) is 24.5 Å². The molecule has 1 unspecified atom stereocenters. The Morgan fingerprint density at radius 3 is 2.29 bits per heavy atom. The van der Waals surface area contributed by atoms with Gasteiger partial charge in [-0.3, -0.25) is 0 Å². The van der Waals surface area contributed by atoms with Crippen LogP contribution in [0.25, 0.3) is 0 Å². The predicted octanol–water partition coefficient (Wildman–Crippen LogP) is 1.57. The average Bonchev–Trinajstić information content (AvgIpc) is 3.61. The summed E-state index contributed by atoms with van der Waals surface area (Å²) in [5, 5.41) is 50.3. The van der Waals surface area contributed by atoms with Gasteiger partial charge < -0.3 is 36.0 Å². The molecule has 0 spiro atoms. The fraction of sp³-hybridized carbons (Fsp3) is 0.500. The van der Waals surface area contributed by atoms with Crippen molar-refractivity contribution in [1.82, 2.24) is 0 Å². The molecule has 2 fully saturated rings. The van der Waals surface area contributed by atoms with Gasteiger partial charge in [-0.2, -0.15) is 0 Å². The normalized spacial score (nSPS) is 30.8. The molecule has 7 heteroatoms. The molecule has 5 atom stereocenters. The number of rotatable bonds is 7. The van der Waals surface area contributed by atoms with Gasteiger partial charge in [0.2, 0.25) is 0 Å². The van der Waals surface area contributed by atoms with Crippen molar-refractivity contribution in [2.45, 2.75) is 69.5 Å². The number of nitrogens with two attached hydrogens (primary N) is 1. The molecule has 0 radical (unpaired) electrons. The molecule has 1 aliphatic carbocycles. The van der Waals surface area contributed by atoms with E-state index in [1.807, 2.05) is 6.92 Å². The van der Waals surface area contributed by atoms with Crippen molar-refractivity contribution in [1.29, 1.82) is 0 Å². The van der Waals surface area contributed by atoms with E-state index < -0.39 is 37.1 Å². The van der Waals surface area contributed by atoms with Crippen molar-refractivity contribution >= 4 is 0 Å². The van der Waals surface area contributed by atoms with Crippen molar-refractivity contribution in [3.8, 4) is 0 Å². The molecule has 1 saturated carbocycles. The molecule has 1 heterocycles. The minimum Gasteiger partial charge on any atom is -0.506 e. The highest BCUT2D eigenvalue weighted by Gasteiger charge is 2.44. The Morgan fingerprint density at radius 1 is 1.10 bits per heavy atom. The van der Waals surface area contributed by atoms with Gasteiger partial charge in [0.05, 0.1) is 12.3 Å². The molecule has 0 amide bonds. The molecule has 170 valence electrons. The van der Waals surface area contributed by atoms with Crippen LogP contribution in [0.15, 0.2) is 59.0 Å². The second kappa shape index (κ2) is 9.97. The van der Waals surface area contributed by atoms with Crippen LogP contribution in [0.4, 0.5) is 0 Å². The van der Waals surface area contributed by atoms with Crippen LogP contribution in [-0.2, 0) is 11.2 Å². The zero-order valence-corrected chi connectivity index (χ0v) is 18.0. The topological polar surface area (TPSA) is 136 Å². The summed E-state index contributed by atoms with van der Waals surface area (Å²) in [5.74, 6) is 0.515. The summed E-state index contributed by atoms with van der Waals surface area (Å²) >= 11 is 0. The molecular formula is C24H33NO6. The van der Waals surface area contributed by atoms with Gasteiger partial charge in [-0.1, -0.05) is 30.3 Å². The number of aliphatic hydroxyl groups is 5. The van der Waals surface area contributed by atoms with Gasteiger partial charge in [0.1, 0.15) is 36.3 Å². The fourth-order valence-electron chi connectivity index (χ4n) is 3.89. The van der Waals surface area contributed by atoms with Gasteiger partial charge in [-0.05, 0) is 67.4 Å². The molecule has 1 aliphatic heterocycles. The summed E-state index contributed by atoms with van der Waals surface area (Å²) in [6, 6.07) is 8.44. The molecule has 0 aromatic heterocycles. The smallest absolute Gasteiger partial charge is 0.138 e. The molecule has 1 saturated heterocycles. The minimum absolute atomic E-state index is 0.183. The SMILES string of the molecule is C\C=C(/C=C(O)\C(N)=C(/C)Cc1ccc(C2CC2)cc1)[C@@H]1O[C@H](CO)[C@@H](O)C(O)[C@H]1O. The molecule has 31 heavy (non-hydrogen) atoms. The van der Waals surface area contributed by atoms with Crippen LogP contribution in [0.2, 0.25) is 0 Å². The van der Waals surface area contributed by atoms with E-state index in [0.29, 0.717) is 17.9 Å². The Kier molecular flexibility index (Phi) is 7.56. The number of allylic oxidation sites excluding steroid dienone is 2. The third-order valence-corrected chi connectivity index (χ3v) is 6.09. The van der Waals surface area contributed by atoms with E-state index in [-0.39, 0.29) is 11.5 Å². The largest absolute Gasteiger partial charge is 0.506 e. The van der Waals surface area contributed by atoms with Crippen molar-refractivity contribution in [3.63, 3.8) is 0 Å². The monoisotopic (exact) mass is 431 g/mol. The molecule has 1 aromatic carbocycles. The van der Waals surface area contributed by atoms with E-state index in [9.17, 15) is 25.5 Å². The van der Waals surface area contributed by atoms with E-state index in [2.05, 4.69) is 24.3 Å². The van der Waals surface area contributed by atoms with Gasteiger partial charge in [0.15, 0.2) is 0 Å². The number of benzene rings is 1. The van der Waals surface area contributed by atoms with Gasteiger partial charge in [0.25, 0.3) is 0 Å². The summed E-state index contributed by atoms with van der Waals surface area (Å²) in [6.07, 6.45) is -0.335. The van der Waals surface area contributed by atoms with Crippen LogP contribution in [0.1, 0.15) is 43.7 Å². The summed E-state index contributed by atoms with van der Waals surface area (Å²) in [7, 11) is 0. The van der Waals surface area contributed by atoms with Gasteiger partial charge in [0, 0.05) is 0 Å². The Balaban J connectivity index is 1.75. The molecule has 0 bridgehead atoms. The second-order valence-electron chi connectivity index (χ2n) is 8.45. The van der Waals surface area contributed by atoms with Gasteiger partial charge >= 0.3 is 0 Å². The Bertz CT molecular complexity index is 853. The van der Waals surface area contributed by atoms with Crippen molar-refractivity contribution in [2.75, 3.05) is 6.61 Å². The molecule has 7 nitrogen and oxygen atoms in total. The van der Waals surface area contributed by atoms with Gasteiger partial charge in [-0.15, -0.1) is 0 Å². The van der Waals surface area contributed by atoms with Crippen LogP contribution >= 0.6 is 0 Å². The Hall–Kier alpha value is -2.16. The third kappa shape index (κ3) is 5.37. The van der Waals surface area contributed by atoms with Crippen LogP contribution in [0.3, 0.4) is 0 Å². The summed E-state index contributed by atoms with van der Waals surface area (Å²) in [4.78, 5) is 0. The van der Waals surface area contributed by atoms with Crippen LogP contribution in [-0.4, -0.2) is 62.7 Å². The molecule has 3 rings (SSSR count). The second-order valence-corrected chi connectivity index (χ2v) is 8.45. The zero-order chi connectivity index (χ0) is 22.7. The van der Waals surface area contributed by atoms with Crippen molar-refractivity contribution in [2.24, 2.45) is 5.73 Å². The van der Waals surface area contributed by atoms with E-state index in [0.717, 1.165) is 11.1 Å². The maximum atomic E-state index is 10.6. The standard InChI is InChI=1S/C24H33NO6/c1-3-15(24-23(30)22(29)21(28)19(12-26)31-24)11-18(27)20(25)13(2)10-14-4-6-16(7-5-14)17-8-9-17/h3-7,11,17,19,21-24,26-30H,8-10,12,25H2,1-2H3/b15-3+,18-11+,20-13-/t19-,21-,22?,23-,24+/m1/s1. The Morgan fingerprint density at radius 2 is 1.74 bits per heavy atom. The maximum absolute atomic E-state index is 10.6. The summed E-state index contributed by atoms with van der Waals surface area (Å²) in [6.45, 7) is 3.01. The first-order valence-corrected chi connectivity index (χ1v) is 10.7. The number of aliphatic hydroxyl groups excluding tert-OH is 5. The molecular weight excluding hydrogens is 398 g/mol. The lowest BCUT2D eigenvalue weighted by Crippen LogP contribution is -2.58. The molecule has 2 aliphatic rings. The molecule has 7 N–H and O–H groups in total. The maximum Gasteiger partial charge on any atom is 0.138 e. The first-order valence-electron chi connectivity index (χ1n) is 10.7. The highest BCUT2D eigenvalue weighted by molar-refractivity contribution is 5.38. The first-order chi connectivity index (χ1) is 14.8. The quantitative estimate of drug-likeness (QED) is 0.285. The summed E-state index contributed by atoms with van der Waals surface area (Å²) in [5.41, 5.74) is 10.0. The number of hydrogen-bond acceptors (Lipinski definition) is 7. The lowest BCUT2D eigenvalue weighted by atomic mass is 9.90. The lowest BCUT2D eigenvalue weighted by molar-refractivity contribution is -0.218. The highest BCUT2D eigenvalue weighted by Crippen LogP contribution is 2.40. The van der Waals surface area contributed by atoms with Crippen LogP contribution < -0.4 is 5.73 Å². The number of ether oxygens (including phenoxy) is 1. The van der Waals surface area contributed by atoms with Crippen LogP contribution in [0, 0.1) is 0 Å². The molecule has 1 aromatic rings. The van der Waals surface area contributed by atoms with E-state index >= 15 is 0 Å². The van der Waals surface area contributed by atoms with Crippen LogP contribution in [0.5, 0.6) is 0 Å². The number of hydrogen-bond donors (Lipinski definition) is 6. The average molecular weight is 432 g/mol. The van der Waals surface area contributed by atoms with Crippen molar-refractivity contribution < 1.29 is 30.3 Å². The summed E-state index contributed by atoms with van der Waals surface area (Å²) < 4.78 is 5.57. The third-order valence-electron chi connectivity index (χ3n) is 6.09. The van der Waals surface area contributed by atoms with E-state index in [4.69, 9.17) is 10.5 Å².